The predicted molar refractivity (Wildman–Crippen MR) is 81.0 cm³/mol. The van der Waals surface area contributed by atoms with E-state index in [1.807, 2.05) is 0 Å². The van der Waals surface area contributed by atoms with Crippen LogP contribution in [0.25, 0.3) is 0 Å². The van der Waals surface area contributed by atoms with Gasteiger partial charge in [0, 0.05) is 12.6 Å². The fraction of sp³-hybridized carbons (Fsp3) is 0.875. The molecule has 1 aliphatic heterocycles. The lowest BCUT2D eigenvalue weighted by Gasteiger charge is -2.39. The summed E-state index contributed by atoms with van der Waals surface area (Å²) in [4.78, 5) is 14.5. The first-order chi connectivity index (χ1) is 9.27. The highest BCUT2D eigenvalue weighted by molar-refractivity contribution is 5.84. The van der Waals surface area contributed by atoms with Crippen molar-refractivity contribution in [3.8, 4) is 6.07 Å². The number of hydrogen-bond acceptors (Lipinski definition) is 3. The van der Waals surface area contributed by atoms with Crippen LogP contribution in [-0.4, -0.2) is 36.5 Å². The van der Waals surface area contributed by atoms with Crippen LogP contribution in [0.15, 0.2) is 0 Å². The van der Waals surface area contributed by atoms with Crippen LogP contribution in [-0.2, 0) is 4.79 Å². The van der Waals surface area contributed by atoms with E-state index in [-0.39, 0.29) is 5.91 Å². The smallest absolute Gasteiger partial charge is 0.239 e. The van der Waals surface area contributed by atoms with Gasteiger partial charge in [0.1, 0.15) is 5.41 Å². The molecule has 4 nitrogen and oxygen atoms in total. The maximum atomic E-state index is 12.0. The first-order valence-corrected chi connectivity index (χ1v) is 7.71. The molecule has 114 valence electrons. The molecule has 20 heavy (non-hydrogen) atoms. The van der Waals surface area contributed by atoms with Gasteiger partial charge in [-0.1, -0.05) is 20.8 Å². The van der Waals surface area contributed by atoms with E-state index in [2.05, 4.69) is 37.1 Å². The van der Waals surface area contributed by atoms with Gasteiger partial charge < -0.3 is 5.32 Å². The van der Waals surface area contributed by atoms with Crippen LogP contribution < -0.4 is 5.32 Å². The van der Waals surface area contributed by atoms with Crippen LogP contribution in [0.4, 0.5) is 0 Å². The van der Waals surface area contributed by atoms with Gasteiger partial charge in [0.05, 0.1) is 6.07 Å². The summed E-state index contributed by atoms with van der Waals surface area (Å²) in [6, 6.07) is 2.42. The van der Waals surface area contributed by atoms with Gasteiger partial charge >= 0.3 is 0 Å². The Labute approximate surface area is 123 Å². The summed E-state index contributed by atoms with van der Waals surface area (Å²) in [6.07, 6.45) is 2.47. The van der Waals surface area contributed by atoms with Crippen molar-refractivity contribution in [2.24, 2.45) is 17.3 Å². The molecular formula is C16H29N3O. The third kappa shape index (κ3) is 4.49. The van der Waals surface area contributed by atoms with E-state index >= 15 is 0 Å². The SMILES string of the molecule is CC1CCN(C(CNC(=O)C(C)(C)C#N)C(C)C)CC1. The van der Waals surface area contributed by atoms with Gasteiger partial charge in [-0.3, -0.25) is 9.69 Å². The predicted octanol–water partition coefficient (Wildman–Crippen LogP) is 2.41. The lowest BCUT2D eigenvalue weighted by Crippen LogP contribution is -2.51. The molecule has 1 amide bonds. The highest BCUT2D eigenvalue weighted by Crippen LogP contribution is 2.21. The number of nitriles is 1. The molecule has 4 heteroatoms. The molecule has 0 spiro atoms. The van der Waals surface area contributed by atoms with Crippen LogP contribution in [0.1, 0.15) is 47.5 Å². The summed E-state index contributed by atoms with van der Waals surface area (Å²) < 4.78 is 0. The first kappa shape index (κ1) is 17.0. The Kier molecular flexibility index (Phi) is 6.01. The summed E-state index contributed by atoms with van der Waals surface area (Å²) in [7, 11) is 0. The topological polar surface area (TPSA) is 56.1 Å². The summed E-state index contributed by atoms with van der Waals surface area (Å²) in [6.45, 7) is 12.9. The summed E-state index contributed by atoms with van der Waals surface area (Å²) in [5.41, 5.74) is -0.946. The number of carbonyl (C=O) groups is 1. The van der Waals surface area contributed by atoms with Crippen molar-refractivity contribution in [2.45, 2.75) is 53.5 Å². The Morgan fingerprint density at radius 2 is 1.95 bits per heavy atom. The molecule has 0 saturated carbocycles. The van der Waals surface area contributed by atoms with Crippen molar-refractivity contribution in [3.05, 3.63) is 0 Å². The molecule has 1 unspecified atom stereocenters. The number of nitrogens with zero attached hydrogens (tertiary/aromatic N) is 2. The van der Waals surface area contributed by atoms with E-state index in [4.69, 9.17) is 5.26 Å². The van der Waals surface area contributed by atoms with Crippen LogP contribution in [0.3, 0.4) is 0 Å². The minimum atomic E-state index is -0.946. The maximum absolute atomic E-state index is 12.0. The lowest BCUT2D eigenvalue weighted by atomic mass is 9.92. The molecule has 1 rings (SSSR count). The average molecular weight is 279 g/mol. The number of carbonyl (C=O) groups excluding carboxylic acids is 1. The van der Waals surface area contributed by atoms with Crippen molar-refractivity contribution in [3.63, 3.8) is 0 Å². The molecule has 0 radical (unpaired) electrons. The van der Waals surface area contributed by atoms with Gasteiger partial charge in [0.2, 0.25) is 5.91 Å². The largest absolute Gasteiger partial charge is 0.353 e. The maximum Gasteiger partial charge on any atom is 0.239 e. The number of likely N-dealkylation sites (tertiary alicyclic amines) is 1. The summed E-state index contributed by atoms with van der Waals surface area (Å²) in [5.74, 6) is 1.14. The molecular weight excluding hydrogens is 250 g/mol. The van der Waals surface area contributed by atoms with Gasteiger partial charge in [0.25, 0.3) is 0 Å². The Balaban J connectivity index is 2.56. The van der Waals surface area contributed by atoms with Crippen molar-refractivity contribution in [2.75, 3.05) is 19.6 Å². The zero-order chi connectivity index (χ0) is 15.3. The van der Waals surface area contributed by atoms with E-state index in [1.165, 1.54) is 12.8 Å². The molecule has 0 aliphatic carbocycles. The Morgan fingerprint density at radius 1 is 1.40 bits per heavy atom. The van der Waals surface area contributed by atoms with E-state index in [0.29, 0.717) is 18.5 Å². The van der Waals surface area contributed by atoms with E-state index in [1.54, 1.807) is 13.8 Å². The van der Waals surface area contributed by atoms with Gasteiger partial charge in [-0.25, -0.2) is 0 Å². The molecule has 0 aromatic carbocycles. The second kappa shape index (κ2) is 7.08. The monoisotopic (exact) mass is 279 g/mol. The van der Waals surface area contributed by atoms with Crippen LogP contribution in [0, 0.1) is 28.6 Å². The zero-order valence-electron chi connectivity index (χ0n) is 13.6. The van der Waals surface area contributed by atoms with E-state index in [0.717, 1.165) is 19.0 Å². The third-order valence-electron chi connectivity index (χ3n) is 4.38. The number of nitrogens with one attached hydrogen (secondary N) is 1. The van der Waals surface area contributed by atoms with Crippen LogP contribution >= 0.6 is 0 Å². The second-order valence-electron chi connectivity index (χ2n) is 6.98. The average Bonchev–Trinajstić information content (AvgIpc) is 2.40. The Hall–Kier alpha value is -1.08. The first-order valence-electron chi connectivity index (χ1n) is 7.71. The van der Waals surface area contributed by atoms with Crippen molar-refractivity contribution >= 4 is 5.91 Å². The standard InChI is InChI=1S/C16H29N3O/c1-12(2)14(19-8-6-13(3)7-9-19)10-18-15(20)16(4,5)11-17/h12-14H,6-10H2,1-5H3,(H,18,20). The number of piperidine rings is 1. The van der Waals surface area contributed by atoms with Gasteiger partial charge in [-0.05, 0) is 51.6 Å². The van der Waals surface area contributed by atoms with Crippen LogP contribution in [0.5, 0.6) is 0 Å². The molecule has 1 saturated heterocycles. The molecule has 1 fully saturated rings. The fourth-order valence-electron chi connectivity index (χ4n) is 2.62. The Morgan fingerprint density at radius 3 is 2.40 bits per heavy atom. The summed E-state index contributed by atoms with van der Waals surface area (Å²) >= 11 is 0. The van der Waals surface area contributed by atoms with E-state index < -0.39 is 5.41 Å². The second-order valence-corrected chi connectivity index (χ2v) is 6.98. The Bertz CT molecular complexity index is 362. The lowest BCUT2D eigenvalue weighted by molar-refractivity contribution is -0.127. The molecule has 0 bridgehead atoms. The molecule has 1 N–H and O–H groups in total. The number of hydrogen-bond donors (Lipinski definition) is 1. The van der Waals surface area contributed by atoms with Gasteiger partial charge in [0.15, 0.2) is 0 Å². The van der Waals surface area contributed by atoms with Crippen molar-refractivity contribution in [1.82, 2.24) is 10.2 Å². The molecule has 1 atom stereocenters. The van der Waals surface area contributed by atoms with Gasteiger partial charge in [-0.15, -0.1) is 0 Å². The molecule has 1 aliphatic rings. The van der Waals surface area contributed by atoms with Gasteiger partial charge in [-0.2, -0.15) is 5.26 Å². The highest BCUT2D eigenvalue weighted by atomic mass is 16.2. The third-order valence-corrected chi connectivity index (χ3v) is 4.38. The van der Waals surface area contributed by atoms with Crippen LogP contribution in [0.2, 0.25) is 0 Å². The van der Waals surface area contributed by atoms with Crippen molar-refractivity contribution in [1.29, 1.82) is 5.26 Å². The molecule has 0 aromatic heterocycles. The fourth-order valence-corrected chi connectivity index (χ4v) is 2.62. The summed E-state index contributed by atoms with van der Waals surface area (Å²) in [5, 5.41) is 12.0. The molecule has 1 heterocycles. The quantitative estimate of drug-likeness (QED) is 0.841. The van der Waals surface area contributed by atoms with Crippen molar-refractivity contribution < 1.29 is 4.79 Å². The minimum Gasteiger partial charge on any atom is -0.353 e. The minimum absolute atomic E-state index is 0.170. The van der Waals surface area contributed by atoms with E-state index in [9.17, 15) is 4.79 Å². The highest BCUT2D eigenvalue weighted by Gasteiger charge is 2.30. The normalized spacial score (nSPS) is 19.6. The molecule has 0 aromatic rings. The number of rotatable bonds is 5. The zero-order valence-corrected chi connectivity index (χ0v) is 13.6. The number of amides is 1.